The van der Waals surface area contributed by atoms with Crippen molar-refractivity contribution in [2.75, 3.05) is 21.3 Å². The fraction of sp³-hybridized carbons (Fsp3) is 0.278. The molecule has 122 valence electrons. The van der Waals surface area contributed by atoms with E-state index >= 15 is 0 Å². The Morgan fingerprint density at radius 2 is 1.48 bits per heavy atom. The van der Waals surface area contributed by atoms with Gasteiger partial charge in [0.05, 0.1) is 21.3 Å². The van der Waals surface area contributed by atoms with Gasteiger partial charge < -0.3 is 19.5 Å². The highest BCUT2D eigenvalue weighted by atomic mass is 16.5. The highest BCUT2D eigenvalue weighted by Crippen LogP contribution is 2.34. The first-order valence-corrected chi connectivity index (χ1v) is 7.22. The lowest BCUT2D eigenvalue weighted by atomic mass is 10.1. The maximum absolute atomic E-state index is 12.2. The van der Waals surface area contributed by atoms with Gasteiger partial charge in [0.25, 0.3) is 5.91 Å². The summed E-state index contributed by atoms with van der Waals surface area (Å²) >= 11 is 0. The summed E-state index contributed by atoms with van der Waals surface area (Å²) in [5.74, 6) is 1.67. The van der Waals surface area contributed by atoms with Crippen LogP contribution < -0.4 is 19.5 Å². The molecule has 2 rings (SSSR count). The van der Waals surface area contributed by atoms with Crippen LogP contribution in [0.15, 0.2) is 36.4 Å². The molecule has 0 heterocycles. The van der Waals surface area contributed by atoms with Crippen molar-refractivity contribution >= 4 is 5.91 Å². The van der Waals surface area contributed by atoms with Gasteiger partial charge in [0.1, 0.15) is 5.75 Å². The first-order chi connectivity index (χ1) is 11.1. The van der Waals surface area contributed by atoms with E-state index in [9.17, 15) is 4.79 Å². The van der Waals surface area contributed by atoms with Gasteiger partial charge >= 0.3 is 0 Å². The minimum atomic E-state index is -0.137. The number of carbonyl (C=O) groups is 1. The molecule has 0 unspecified atom stereocenters. The van der Waals surface area contributed by atoms with Crippen molar-refractivity contribution in [2.45, 2.75) is 13.5 Å². The number of methoxy groups -OCH3 is 3. The van der Waals surface area contributed by atoms with Crippen molar-refractivity contribution < 1.29 is 19.0 Å². The Morgan fingerprint density at radius 1 is 0.913 bits per heavy atom. The number of hydrogen-bond donors (Lipinski definition) is 1. The van der Waals surface area contributed by atoms with Gasteiger partial charge in [-0.25, -0.2) is 0 Å². The molecule has 1 amide bonds. The van der Waals surface area contributed by atoms with E-state index in [1.54, 1.807) is 45.6 Å². The molecule has 0 aliphatic carbocycles. The summed E-state index contributed by atoms with van der Waals surface area (Å²) in [5, 5.41) is 2.88. The SMILES string of the molecule is COc1cc(OC)c(OC)cc1CNC(=O)c1ccc(C)cc1. The number of carbonyl (C=O) groups excluding carboxylic acids is 1. The summed E-state index contributed by atoms with van der Waals surface area (Å²) in [7, 11) is 4.71. The van der Waals surface area contributed by atoms with E-state index in [1.165, 1.54) is 0 Å². The lowest BCUT2D eigenvalue weighted by molar-refractivity contribution is 0.0950. The van der Waals surface area contributed by atoms with E-state index in [0.29, 0.717) is 29.4 Å². The Kier molecular flexibility index (Phi) is 5.46. The molecule has 0 bridgehead atoms. The molecular weight excluding hydrogens is 294 g/mol. The summed E-state index contributed by atoms with van der Waals surface area (Å²) in [6.45, 7) is 2.31. The molecule has 0 saturated heterocycles. The second-order valence-corrected chi connectivity index (χ2v) is 5.07. The Labute approximate surface area is 136 Å². The van der Waals surface area contributed by atoms with Gasteiger partial charge in [-0.1, -0.05) is 17.7 Å². The number of ether oxygens (including phenoxy) is 3. The summed E-state index contributed by atoms with van der Waals surface area (Å²) in [6, 6.07) is 11.0. The first-order valence-electron chi connectivity index (χ1n) is 7.22. The molecule has 0 aliphatic rings. The molecule has 0 radical (unpaired) electrons. The van der Waals surface area contributed by atoms with Crippen molar-refractivity contribution in [3.05, 3.63) is 53.1 Å². The molecule has 5 nitrogen and oxygen atoms in total. The molecule has 0 aromatic heterocycles. The monoisotopic (exact) mass is 315 g/mol. The van der Waals surface area contributed by atoms with Gasteiger partial charge in [-0.15, -0.1) is 0 Å². The molecule has 2 aromatic rings. The van der Waals surface area contributed by atoms with E-state index < -0.39 is 0 Å². The number of aryl methyl sites for hydroxylation is 1. The topological polar surface area (TPSA) is 56.8 Å². The van der Waals surface area contributed by atoms with Crippen molar-refractivity contribution in [1.29, 1.82) is 0 Å². The second-order valence-electron chi connectivity index (χ2n) is 5.07. The quantitative estimate of drug-likeness (QED) is 0.890. The minimum absolute atomic E-state index is 0.137. The van der Waals surface area contributed by atoms with Gasteiger partial charge in [0.2, 0.25) is 0 Å². The number of benzene rings is 2. The van der Waals surface area contributed by atoms with Crippen LogP contribution in [0.4, 0.5) is 0 Å². The Hall–Kier alpha value is -2.69. The van der Waals surface area contributed by atoms with Gasteiger partial charge in [-0.3, -0.25) is 4.79 Å². The molecular formula is C18H21NO4. The second kappa shape index (κ2) is 7.54. The number of rotatable bonds is 6. The molecule has 5 heteroatoms. The number of nitrogens with one attached hydrogen (secondary N) is 1. The van der Waals surface area contributed by atoms with Crippen LogP contribution in [0.5, 0.6) is 17.2 Å². The van der Waals surface area contributed by atoms with E-state index in [2.05, 4.69) is 5.32 Å². The lowest BCUT2D eigenvalue weighted by Crippen LogP contribution is -2.23. The van der Waals surface area contributed by atoms with Gasteiger partial charge in [-0.2, -0.15) is 0 Å². The van der Waals surface area contributed by atoms with Crippen LogP contribution in [0, 0.1) is 6.92 Å². The van der Waals surface area contributed by atoms with E-state index in [-0.39, 0.29) is 5.91 Å². The zero-order valence-corrected chi connectivity index (χ0v) is 13.8. The molecule has 0 atom stereocenters. The summed E-state index contributed by atoms with van der Waals surface area (Å²) in [4.78, 5) is 12.2. The van der Waals surface area contributed by atoms with Crippen molar-refractivity contribution in [3.63, 3.8) is 0 Å². The van der Waals surface area contributed by atoms with E-state index in [0.717, 1.165) is 11.1 Å². The third-order valence-corrected chi connectivity index (χ3v) is 3.54. The van der Waals surface area contributed by atoms with Crippen molar-refractivity contribution in [2.24, 2.45) is 0 Å². The van der Waals surface area contributed by atoms with Gasteiger partial charge in [0.15, 0.2) is 11.5 Å². The van der Waals surface area contributed by atoms with E-state index in [4.69, 9.17) is 14.2 Å². The maximum Gasteiger partial charge on any atom is 0.251 e. The Morgan fingerprint density at radius 3 is 2.04 bits per heavy atom. The zero-order chi connectivity index (χ0) is 16.8. The molecule has 0 spiro atoms. The molecule has 0 fully saturated rings. The van der Waals surface area contributed by atoms with Gasteiger partial charge in [-0.05, 0) is 25.1 Å². The number of amides is 1. The summed E-state index contributed by atoms with van der Waals surface area (Å²) in [6.07, 6.45) is 0. The average Bonchev–Trinajstić information content (AvgIpc) is 2.59. The molecule has 23 heavy (non-hydrogen) atoms. The van der Waals surface area contributed by atoms with Crippen LogP contribution in [0.25, 0.3) is 0 Å². The predicted octanol–water partition coefficient (Wildman–Crippen LogP) is 2.95. The standard InChI is InChI=1S/C18H21NO4/c1-12-5-7-13(8-6-12)18(20)19-11-14-9-16(22-3)17(23-4)10-15(14)21-2/h5-10H,11H2,1-4H3,(H,19,20). The zero-order valence-electron chi connectivity index (χ0n) is 13.8. The van der Waals surface area contributed by atoms with Crippen molar-refractivity contribution in [1.82, 2.24) is 5.32 Å². The fourth-order valence-corrected chi connectivity index (χ4v) is 2.21. The van der Waals surface area contributed by atoms with Crippen LogP contribution >= 0.6 is 0 Å². The largest absolute Gasteiger partial charge is 0.496 e. The van der Waals surface area contributed by atoms with Crippen LogP contribution in [0.2, 0.25) is 0 Å². The first kappa shape index (κ1) is 16.7. The summed E-state index contributed by atoms with van der Waals surface area (Å²) < 4.78 is 15.9. The van der Waals surface area contributed by atoms with E-state index in [1.807, 2.05) is 19.1 Å². The lowest BCUT2D eigenvalue weighted by Gasteiger charge is -2.14. The van der Waals surface area contributed by atoms with Crippen LogP contribution in [-0.4, -0.2) is 27.2 Å². The van der Waals surface area contributed by atoms with Crippen LogP contribution in [-0.2, 0) is 6.54 Å². The van der Waals surface area contributed by atoms with Crippen molar-refractivity contribution in [3.8, 4) is 17.2 Å². The van der Waals surface area contributed by atoms with Gasteiger partial charge in [0, 0.05) is 23.7 Å². The average molecular weight is 315 g/mol. The van der Waals surface area contributed by atoms with Crippen LogP contribution in [0.1, 0.15) is 21.5 Å². The third-order valence-electron chi connectivity index (χ3n) is 3.54. The predicted molar refractivity (Wildman–Crippen MR) is 88.4 cm³/mol. The molecule has 1 N–H and O–H groups in total. The smallest absolute Gasteiger partial charge is 0.251 e. The Balaban J connectivity index is 2.16. The molecule has 2 aromatic carbocycles. The van der Waals surface area contributed by atoms with Crippen LogP contribution in [0.3, 0.4) is 0 Å². The molecule has 0 aliphatic heterocycles. The maximum atomic E-state index is 12.2. The summed E-state index contributed by atoms with van der Waals surface area (Å²) in [5.41, 5.74) is 2.55. The minimum Gasteiger partial charge on any atom is -0.496 e. The molecule has 0 saturated carbocycles. The fourth-order valence-electron chi connectivity index (χ4n) is 2.21. The normalized spacial score (nSPS) is 10.1. The highest BCUT2D eigenvalue weighted by molar-refractivity contribution is 5.94. The Bertz CT molecular complexity index is 680. The highest BCUT2D eigenvalue weighted by Gasteiger charge is 2.13. The third kappa shape index (κ3) is 3.94. The number of hydrogen-bond acceptors (Lipinski definition) is 4.